The molecule has 8 nitrogen and oxygen atoms in total. The lowest BCUT2D eigenvalue weighted by Gasteiger charge is -2.12. The van der Waals surface area contributed by atoms with E-state index < -0.39 is 10.1 Å². The summed E-state index contributed by atoms with van der Waals surface area (Å²) in [7, 11) is -3.67. The van der Waals surface area contributed by atoms with Gasteiger partial charge >= 0.3 is 0 Å². The van der Waals surface area contributed by atoms with Crippen molar-refractivity contribution < 1.29 is 22.5 Å². The summed E-state index contributed by atoms with van der Waals surface area (Å²) >= 11 is 0. The summed E-state index contributed by atoms with van der Waals surface area (Å²) < 4.78 is 31.8. The molecule has 2 aromatic rings. The molecule has 0 fully saturated rings. The number of carbonyl (C=O) groups is 1. The van der Waals surface area contributed by atoms with E-state index in [0.29, 0.717) is 24.9 Å². The number of nitrogens with two attached hydrogens (primary N) is 1. The Balaban J connectivity index is 0.000000500. The zero-order valence-corrected chi connectivity index (χ0v) is 16.0. The number of nitrogens with one attached hydrogen (secondary N) is 2. The average Bonchev–Trinajstić information content (AvgIpc) is 2.83. The highest BCUT2D eigenvalue weighted by Crippen LogP contribution is 2.36. The molecule has 9 heteroatoms. The van der Waals surface area contributed by atoms with E-state index in [9.17, 15) is 13.2 Å². The van der Waals surface area contributed by atoms with Gasteiger partial charge in [0.2, 0.25) is 0 Å². The van der Waals surface area contributed by atoms with Gasteiger partial charge in [-0.15, -0.1) is 0 Å². The predicted molar refractivity (Wildman–Crippen MR) is 107 cm³/mol. The quantitative estimate of drug-likeness (QED) is 0.343. The Bertz CT molecular complexity index is 993. The van der Waals surface area contributed by atoms with Crippen LogP contribution in [0.25, 0.3) is 17.2 Å². The number of guanidine groups is 1. The number of fused-ring (bicyclic) bond motifs is 1. The topological polar surface area (TPSA) is 143 Å². The Morgan fingerprint density at radius 1 is 1.18 bits per heavy atom. The van der Waals surface area contributed by atoms with Gasteiger partial charge in [-0.25, -0.2) is 0 Å². The molecule has 0 spiro atoms. The van der Waals surface area contributed by atoms with Crippen LogP contribution in [-0.4, -0.2) is 37.7 Å². The predicted octanol–water partition coefficient (Wildman–Crippen LogP) is 2.03. The summed E-state index contributed by atoms with van der Waals surface area (Å²) in [5.41, 5.74) is 8.67. The third kappa shape index (κ3) is 6.53. The van der Waals surface area contributed by atoms with Crippen molar-refractivity contribution in [2.24, 2.45) is 5.73 Å². The minimum absolute atomic E-state index is 0.362. The van der Waals surface area contributed by atoms with Gasteiger partial charge in [-0.1, -0.05) is 48.5 Å². The maximum absolute atomic E-state index is 12.1. The van der Waals surface area contributed by atoms with E-state index in [2.05, 4.69) is 5.32 Å². The molecule has 1 heterocycles. The van der Waals surface area contributed by atoms with Crippen LogP contribution in [0.15, 0.2) is 54.1 Å². The van der Waals surface area contributed by atoms with Crippen molar-refractivity contribution in [2.45, 2.75) is 6.42 Å². The smallest absolute Gasteiger partial charge is 0.261 e. The van der Waals surface area contributed by atoms with E-state index in [4.69, 9.17) is 20.4 Å². The molecule has 1 amide bonds. The van der Waals surface area contributed by atoms with Crippen molar-refractivity contribution >= 4 is 28.1 Å². The largest absolute Gasteiger partial charge is 0.492 e. The SMILES string of the molecule is CS(=O)(=O)O.N=C(N)NC(=O)C1=Cc2cccc(-c3ccccc3)c2OCC1. The number of rotatable bonds is 2. The van der Waals surface area contributed by atoms with Gasteiger partial charge in [0, 0.05) is 23.1 Å². The van der Waals surface area contributed by atoms with E-state index in [-0.39, 0.29) is 11.9 Å². The molecule has 0 aliphatic carbocycles. The summed E-state index contributed by atoms with van der Waals surface area (Å²) in [6.45, 7) is 0.397. The zero-order valence-electron chi connectivity index (χ0n) is 15.2. The second-order valence-corrected chi connectivity index (χ2v) is 7.42. The van der Waals surface area contributed by atoms with Crippen LogP contribution in [-0.2, 0) is 14.9 Å². The summed E-state index contributed by atoms with van der Waals surface area (Å²) in [4.78, 5) is 12.1. The maximum Gasteiger partial charge on any atom is 0.261 e. The van der Waals surface area contributed by atoms with Crippen molar-refractivity contribution in [3.8, 4) is 16.9 Å². The molecular weight excluding hydrogens is 382 g/mol. The van der Waals surface area contributed by atoms with E-state index in [1.54, 1.807) is 6.08 Å². The first-order valence-corrected chi connectivity index (χ1v) is 10.1. The molecule has 148 valence electrons. The molecule has 28 heavy (non-hydrogen) atoms. The monoisotopic (exact) mass is 403 g/mol. The second-order valence-electron chi connectivity index (χ2n) is 5.96. The van der Waals surface area contributed by atoms with Crippen molar-refractivity contribution in [1.29, 1.82) is 5.41 Å². The molecule has 0 bridgehead atoms. The van der Waals surface area contributed by atoms with Crippen LogP contribution in [0.2, 0.25) is 0 Å². The van der Waals surface area contributed by atoms with Gasteiger partial charge in [-0.2, -0.15) is 8.42 Å². The van der Waals surface area contributed by atoms with E-state index in [1.807, 2.05) is 48.5 Å². The Morgan fingerprint density at radius 3 is 2.43 bits per heavy atom. The number of amides is 1. The van der Waals surface area contributed by atoms with Crippen LogP contribution in [0, 0.1) is 5.41 Å². The number of hydrogen-bond acceptors (Lipinski definition) is 5. The fourth-order valence-electron chi connectivity index (χ4n) is 2.58. The maximum atomic E-state index is 12.1. The molecule has 1 aliphatic heterocycles. The average molecular weight is 403 g/mol. The Labute approximate surface area is 163 Å². The van der Waals surface area contributed by atoms with Crippen molar-refractivity contribution in [1.82, 2.24) is 5.32 Å². The van der Waals surface area contributed by atoms with Gasteiger partial charge in [-0.3, -0.25) is 20.1 Å². The number of para-hydroxylation sites is 1. The van der Waals surface area contributed by atoms with Gasteiger partial charge in [-0.05, 0) is 11.6 Å². The number of hydrogen-bond donors (Lipinski definition) is 4. The fraction of sp³-hybridized carbons (Fsp3) is 0.158. The number of carbonyl (C=O) groups excluding carboxylic acids is 1. The number of ether oxygens (including phenoxy) is 1. The molecule has 0 aromatic heterocycles. The van der Waals surface area contributed by atoms with Crippen molar-refractivity contribution in [3.05, 3.63) is 59.7 Å². The second kappa shape index (κ2) is 9.16. The van der Waals surface area contributed by atoms with Crippen LogP contribution >= 0.6 is 0 Å². The van der Waals surface area contributed by atoms with Gasteiger partial charge in [0.25, 0.3) is 16.0 Å². The molecule has 2 aromatic carbocycles. The lowest BCUT2D eigenvalue weighted by molar-refractivity contribution is -0.116. The third-order valence-corrected chi connectivity index (χ3v) is 3.62. The molecule has 5 N–H and O–H groups in total. The Kier molecular flexibility index (Phi) is 6.91. The summed E-state index contributed by atoms with van der Waals surface area (Å²) in [5.74, 6) is 0.0442. The van der Waals surface area contributed by atoms with Crippen LogP contribution in [0.1, 0.15) is 12.0 Å². The first-order valence-electron chi connectivity index (χ1n) is 8.25. The van der Waals surface area contributed by atoms with E-state index >= 15 is 0 Å². The van der Waals surface area contributed by atoms with Crippen LogP contribution < -0.4 is 15.8 Å². The molecule has 0 unspecified atom stereocenters. The first-order chi connectivity index (χ1) is 13.1. The molecule has 0 saturated heterocycles. The standard InChI is InChI=1S/C18H17N3O2.CH4O3S/c19-18(20)21-17(22)14-9-10-23-16-13(11-14)7-4-8-15(16)12-5-2-1-3-6-12;1-5(2,3)4/h1-8,11H,9-10H2,(H4,19,20,21,22);1H3,(H,2,3,4). The van der Waals surface area contributed by atoms with Gasteiger partial charge in [0.1, 0.15) is 5.75 Å². The minimum Gasteiger partial charge on any atom is -0.492 e. The summed E-state index contributed by atoms with van der Waals surface area (Å²) in [6.07, 6.45) is 2.97. The van der Waals surface area contributed by atoms with E-state index in [0.717, 1.165) is 22.4 Å². The summed E-state index contributed by atoms with van der Waals surface area (Å²) in [5, 5.41) is 9.49. The molecule has 3 rings (SSSR count). The Morgan fingerprint density at radius 2 is 1.82 bits per heavy atom. The lowest BCUT2D eigenvalue weighted by atomic mass is 10.00. The lowest BCUT2D eigenvalue weighted by Crippen LogP contribution is -2.36. The third-order valence-electron chi connectivity index (χ3n) is 3.62. The van der Waals surface area contributed by atoms with Crippen LogP contribution in [0.4, 0.5) is 0 Å². The van der Waals surface area contributed by atoms with Crippen LogP contribution in [0.5, 0.6) is 5.75 Å². The minimum atomic E-state index is -3.67. The molecular formula is C19H21N3O5S. The summed E-state index contributed by atoms with van der Waals surface area (Å²) in [6, 6.07) is 15.8. The van der Waals surface area contributed by atoms with Crippen molar-refractivity contribution in [2.75, 3.05) is 12.9 Å². The van der Waals surface area contributed by atoms with Gasteiger partial charge in [0.15, 0.2) is 5.96 Å². The highest BCUT2D eigenvalue weighted by Gasteiger charge is 2.18. The highest BCUT2D eigenvalue weighted by atomic mass is 32.2. The van der Waals surface area contributed by atoms with Crippen molar-refractivity contribution in [3.63, 3.8) is 0 Å². The van der Waals surface area contributed by atoms with E-state index in [1.165, 1.54) is 0 Å². The Hall–Kier alpha value is -3.17. The molecule has 0 atom stereocenters. The van der Waals surface area contributed by atoms with Gasteiger partial charge in [0.05, 0.1) is 12.9 Å². The zero-order chi connectivity index (χ0) is 20.7. The fourth-order valence-corrected chi connectivity index (χ4v) is 2.58. The van der Waals surface area contributed by atoms with Gasteiger partial charge < -0.3 is 10.5 Å². The normalized spacial score (nSPS) is 12.9. The number of benzene rings is 2. The first kappa shape index (κ1) is 21.1. The molecule has 0 saturated carbocycles. The highest BCUT2D eigenvalue weighted by molar-refractivity contribution is 7.85. The van der Waals surface area contributed by atoms with Crippen LogP contribution in [0.3, 0.4) is 0 Å². The molecule has 0 radical (unpaired) electrons. The molecule has 1 aliphatic rings.